The molecule has 19 heavy (non-hydrogen) atoms. The number of pyridine rings is 1. The molecule has 1 aliphatic rings. The summed E-state index contributed by atoms with van der Waals surface area (Å²) in [6.07, 6.45) is 6.19. The van der Waals surface area contributed by atoms with Gasteiger partial charge in [-0.2, -0.15) is 5.10 Å². The molecular formula is C13H16N4S2. The largest absolute Gasteiger partial charge is 0.277 e. The summed E-state index contributed by atoms with van der Waals surface area (Å²) in [5, 5.41) is 5.51. The first-order valence-corrected chi connectivity index (χ1v) is 7.65. The summed E-state index contributed by atoms with van der Waals surface area (Å²) in [5.74, 6) is 0. The van der Waals surface area contributed by atoms with Crippen molar-refractivity contribution >= 4 is 23.6 Å². The topological polar surface area (TPSA) is 34.0 Å². The number of likely N-dealkylation sites (tertiary alicyclic amines) is 1. The van der Waals surface area contributed by atoms with Crippen molar-refractivity contribution in [3.05, 3.63) is 39.1 Å². The van der Waals surface area contributed by atoms with E-state index in [1.807, 2.05) is 30.1 Å². The lowest BCUT2D eigenvalue weighted by atomic mass is 10.1. The van der Waals surface area contributed by atoms with Crippen molar-refractivity contribution in [3.63, 3.8) is 0 Å². The Bertz CT molecular complexity index is 605. The van der Waals surface area contributed by atoms with Gasteiger partial charge in [-0.3, -0.25) is 9.88 Å². The fraction of sp³-hybridized carbons (Fsp3) is 0.462. The number of nitrogens with zero attached hydrogens (tertiary/aromatic N) is 4. The number of hydrogen-bond acceptors (Lipinski definition) is 5. The molecule has 2 aromatic rings. The summed E-state index contributed by atoms with van der Waals surface area (Å²) in [6.45, 7) is 3.88. The lowest BCUT2D eigenvalue weighted by Crippen LogP contribution is -2.26. The number of rotatable bonds is 3. The van der Waals surface area contributed by atoms with E-state index in [2.05, 4.69) is 21.0 Å². The third kappa shape index (κ3) is 2.75. The maximum Gasteiger partial charge on any atom is 0.180 e. The van der Waals surface area contributed by atoms with Gasteiger partial charge in [-0.15, -0.1) is 0 Å². The Morgan fingerprint density at radius 3 is 3.11 bits per heavy atom. The fourth-order valence-corrected chi connectivity index (χ4v) is 3.67. The molecule has 1 fully saturated rings. The molecule has 1 atom stereocenters. The van der Waals surface area contributed by atoms with Crippen LogP contribution in [0.25, 0.3) is 0 Å². The van der Waals surface area contributed by atoms with Crippen molar-refractivity contribution in [3.8, 4) is 0 Å². The van der Waals surface area contributed by atoms with Crippen LogP contribution in [0.5, 0.6) is 0 Å². The zero-order valence-electron chi connectivity index (χ0n) is 10.8. The Kier molecular flexibility index (Phi) is 3.72. The molecule has 0 radical (unpaired) electrons. The van der Waals surface area contributed by atoms with Gasteiger partial charge in [-0.05, 0) is 43.6 Å². The fourth-order valence-electron chi connectivity index (χ4n) is 2.62. The van der Waals surface area contributed by atoms with E-state index in [1.54, 1.807) is 11.3 Å². The Balaban J connectivity index is 1.81. The molecule has 0 bridgehead atoms. The van der Waals surface area contributed by atoms with E-state index in [-0.39, 0.29) is 0 Å². The van der Waals surface area contributed by atoms with Crippen molar-refractivity contribution in [1.29, 1.82) is 0 Å². The van der Waals surface area contributed by atoms with Gasteiger partial charge in [0.1, 0.15) is 5.01 Å². The van der Waals surface area contributed by atoms with Gasteiger partial charge in [-0.25, -0.2) is 4.68 Å². The first kappa shape index (κ1) is 12.9. The molecular weight excluding hydrogens is 276 g/mol. The van der Waals surface area contributed by atoms with Crippen LogP contribution in [-0.4, -0.2) is 26.2 Å². The lowest BCUT2D eigenvalue weighted by molar-refractivity contribution is 0.190. The molecule has 3 rings (SSSR count). The van der Waals surface area contributed by atoms with E-state index < -0.39 is 0 Å². The van der Waals surface area contributed by atoms with Gasteiger partial charge in [0.05, 0.1) is 6.67 Å². The SMILES string of the molecule is Cc1nn(CN2CCCC2c2cccnc2)c(=S)s1. The predicted octanol–water partition coefficient (Wildman–Crippen LogP) is 3.17. The minimum absolute atomic E-state index is 0.442. The number of hydrogen-bond donors (Lipinski definition) is 0. The normalized spacial score (nSPS) is 19.9. The van der Waals surface area contributed by atoms with Gasteiger partial charge >= 0.3 is 0 Å². The average molecular weight is 292 g/mol. The van der Waals surface area contributed by atoms with Gasteiger partial charge in [0, 0.05) is 25.0 Å². The molecule has 0 aliphatic carbocycles. The second-order valence-corrected chi connectivity index (χ2v) is 6.61. The zero-order chi connectivity index (χ0) is 13.2. The van der Waals surface area contributed by atoms with Crippen molar-refractivity contribution in [2.24, 2.45) is 0 Å². The molecule has 1 aliphatic heterocycles. The summed E-state index contributed by atoms with van der Waals surface area (Å²) >= 11 is 6.92. The molecule has 0 spiro atoms. The van der Waals surface area contributed by atoms with Crippen molar-refractivity contribution in [2.45, 2.75) is 32.5 Å². The molecule has 1 unspecified atom stereocenters. The monoisotopic (exact) mass is 292 g/mol. The highest BCUT2D eigenvalue weighted by Gasteiger charge is 2.26. The Morgan fingerprint density at radius 2 is 2.42 bits per heavy atom. The molecule has 2 aromatic heterocycles. The zero-order valence-corrected chi connectivity index (χ0v) is 12.5. The third-order valence-electron chi connectivity index (χ3n) is 3.46. The van der Waals surface area contributed by atoms with Crippen LogP contribution in [0.4, 0.5) is 0 Å². The van der Waals surface area contributed by atoms with Gasteiger partial charge < -0.3 is 0 Å². The summed E-state index contributed by atoms with van der Waals surface area (Å²) in [5.41, 5.74) is 1.29. The third-order valence-corrected chi connectivity index (χ3v) is 4.68. The molecule has 3 heterocycles. The predicted molar refractivity (Wildman–Crippen MR) is 78.6 cm³/mol. The summed E-state index contributed by atoms with van der Waals surface area (Å²) in [6, 6.07) is 4.60. The number of aryl methyl sites for hydroxylation is 1. The molecule has 6 heteroatoms. The van der Waals surface area contributed by atoms with Crippen molar-refractivity contribution in [1.82, 2.24) is 19.7 Å². The average Bonchev–Trinajstić information content (AvgIpc) is 2.98. The van der Waals surface area contributed by atoms with E-state index in [1.165, 1.54) is 18.4 Å². The van der Waals surface area contributed by atoms with E-state index in [4.69, 9.17) is 12.2 Å². The van der Waals surface area contributed by atoms with Gasteiger partial charge in [-0.1, -0.05) is 17.4 Å². The van der Waals surface area contributed by atoms with Crippen LogP contribution in [0, 0.1) is 10.9 Å². The van der Waals surface area contributed by atoms with Crippen LogP contribution in [-0.2, 0) is 6.67 Å². The van der Waals surface area contributed by atoms with Crippen LogP contribution >= 0.6 is 23.6 Å². The Labute approximate surface area is 121 Å². The van der Waals surface area contributed by atoms with Crippen molar-refractivity contribution in [2.75, 3.05) is 6.54 Å². The molecule has 0 amide bonds. The summed E-state index contributed by atoms with van der Waals surface area (Å²) in [4.78, 5) is 6.66. The maximum absolute atomic E-state index is 5.34. The highest BCUT2D eigenvalue weighted by molar-refractivity contribution is 7.73. The Morgan fingerprint density at radius 1 is 1.53 bits per heavy atom. The van der Waals surface area contributed by atoms with Crippen LogP contribution in [0.2, 0.25) is 0 Å². The quantitative estimate of drug-likeness (QED) is 0.814. The number of aromatic nitrogens is 3. The molecule has 4 nitrogen and oxygen atoms in total. The van der Waals surface area contributed by atoms with Crippen LogP contribution in [0.3, 0.4) is 0 Å². The molecule has 0 saturated carbocycles. The van der Waals surface area contributed by atoms with E-state index in [0.29, 0.717) is 6.04 Å². The molecule has 0 aromatic carbocycles. The minimum atomic E-state index is 0.442. The van der Waals surface area contributed by atoms with Crippen LogP contribution in [0.1, 0.15) is 29.5 Å². The lowest BCUT2D eigenvalue weighted by Gasteiger charge is -2.24. The molecule has 1 saturated heterocycles. The van der Waals surface area contributed by atoms with Crippen LogP contribution < -0.4 is 0 Å². The molecule has 0 N–H and O–H groups in total. The standard InChI is InChI=1S/C13H16N4S2/c1-10-15-17(13(18)19-10)9-16-7-3-5-12(16)11-4-2-6-14-8-11/h2,4,6,8,12H,3,5,7,9H2,1H3. The van der Waals surface area contributed by atoms with Gasteiger partial charge in [0.25, 0.3) is 0 Å². The Hall–Kier alpha value is -1.11. The molecule has 100 valence electrons. The van der Waals surface area contributed by atoms with Crippen molar-refractivity contribution < 1.29 is 0 Å². The first-order chi connectivity index (χ1) is 9.24. The summed E-state index contributed by atoms with van der Waals surface area (Å²) < 4.78 is 2.79. The second-order valence-electron chi connectivity index (χ2n) is 4.78. The van der Waals surface area contributed by atoms with Gasteiger partial charge in [0.2, 0.25) is 0 Å². The van der Waals surface area contributed by atoms with E-state index in [0.717, 1.165) is 22.2 Å². The highest BCUT2D eigenvalue weighted by Crippen LogP contribution is 2.31. The summed E-state index contributed by atoms with van der Waals surface area (Å²) in [7, 11) is 0. The maximum atomic E-state index is 5.34. The van der Waals surface area contributed by atoms with E-state index in [9.17, 15) is 0 Å². The second kappa shape index (κ2) is 5.48. The van der Waals surface area contributed by atoms with E-state index >= 15 is 0 Å². The van der Waals surface area contributed by atoms with Crippen LogP contribution in [0.15, 0.2) is 24.5 Å². The smallest absolute Gasteiger partial charge is 0.180 e. The minimum Gasteiger partial charge on any atom is -0.277 e. The van der Waals surface area contributed by atoms with Gasteiger partial charge in [0.15, 0.2) is 3.95 Å². The highest BCUT2D eigenvalue weighted by atomic mass is 32.1. The first-order valence-electron chi connectivity index (χ1n) is 6.42.